The van der Waals surface area contributed by atoms with Crippen LogP contribution in [0.3, 0.4) is 0 Å². The zero-order chi connectivity index (χ0) is 25.4. The quantitative estimate of drug-likeness (QED) is 0.434. The second-order valence-electron chi connectivity index (χ2n) is 8.66. The molecule has 1 aliphatic rings. The predicted octanol–water partition coefficient (Wildman–Crippen LogP) is 5.35. The molecule has 2 aromatic carbocycles. The smallest absolute Gasteiger partial charge is 0.385 e. The minimum absolute atomic E-state index is 0.00694. The van der Waals surface area contributed by atoms with Crippen LogP contribution < -0.4 is 20.9 Å². The van der Waals surface area contributed by atoms with Crippen molar-refractivity contribution in [2.45, 2.75) is 32.4 Å². The Bertz CT molecular complexity index is 1020. The molecule has 0 aliphatic carbocycles. The molecule has 0 bridgehead atoms. The number of carbonyl (C=O) groups is 2. The Morgan fingerprint density at radius 2 is 1.74 bits per heavy atom. The number of benzene rings is 2. The van der Waals surface area contributed by atoms with E-state index in [0.29, 0.717) is 36.7 Å². The zero-order valence-electron chi connectivity index (χ0n) is 19.9. The van der Waals surface area contributed by atoms with E-state index in [2.05, 4.69) is 27.8 Å². The van der Waals surface area contributed by atoms with Crippen LogP contribution in [0.4, 0.5) is 35.0 Å². The van der Waals surface area contributed by atoms with Crippen molar-refractivity contribution in [1.29, 1.82) is 0 Å². The molecule has 7 nitrogen and oxygen atoms in total. The summed E-state index contributed by atoms with van der Waals surface area (Å²) >= 11 is 0. The Hall–Kier alpha value is -3.27. The van der Waals surface area contributed by atoms with Gasteiger partial charge in [-0.15, -0.1) is 0 Å². The molecule has 0 radical (unpaired) electrons. The summed E-state index contributed by atoms with van der Waals surface area (Å²) in [6, 6.07) is 8.73. The first-order chi connectivity index (χ1) is 16.7. The molecule has 1 fully saturated rings. The number of nitrogens with zero attached hydrogens (tertiary/aromatic N) is 1. The fraction of sp³-hybridized carbons (Fsp3) is 0.440. The van der Waals surface area contributed by atoms with Crippen LogP contribution in [0.15, 0.2) is 42.5 Å². The molecule has 0 aromatic heterocycles. The van der Waals surface area contributed by atoms with Crippen LogP contribution in [-0.4, -0.2) is 45.3 Å². The molecule has 0 spiro atoms. The molecule has 2 aromatic rings. The van der Waals surface area contributed by atoms with E-state index in [0.717, 1.165) is 43.8 Å². The maximum atomic E-state index is 13.0. The first-order valence-corrected chi connectivity index (χ1v) is 11.6. The van der Waals surface area contributed by atoms with Crippen molar-refractivity contribution in [2.75, 3.05) is 48.9 Å². The number of hydrogen-bond acceptors (Lipinski definition) is 4. The number of piperidine rings is 1. The molecule has 3 rings (SSSR count). The molecule has 3 N–H and O–H groups in total. The van der Waals surface area contributed by atoms with Crippen molar-refractivity contribution in [2.24, 2.45) is 5.92 Å². The normalized spacial score (nSPS) is 14.5. The lowest BCUT2D eigenvalue weighted by molar-refractivity contribution is -0.137. The number of hydrogen-bond donors (Lipinski definition) is 3. The summed E-state index contributed by atoms with van der Waals surface area (Å²) in [6.07, 6.45) is -1.81. The van der Waals surface area contributed by atoms with Crippen molar-refractivity contribution in [3.63, 3.8) is 0 Å². The van der Waals surface area contributed by atoms with Crippen LogP contribution >= 0.6 is 0 Å². The third-order valence-electron chi connectivity index (χ3n) is 5.88. The fourth-order valence-corrected chi connectivity index (χ4v) is 3.90. The van der Waals surface area contributed by atoms with Crippen LogP contribution in [0.1, 0.15) is 42.1 Å². The van der Waals surface area contributed by atoms with Crippen molar-refractivity contribution in [3.05, 3.63) is 53.6 Å². The lowest BCUT2D eigenvalue weighted by Gasteiger charge is -2.33. The Morgan fingerprint density at radius 3 is 2.40 bits per heavy atom. The molecular formula is C25H31F3N4O3. The topological polar surface area (TPSA) is 82.7 Å². The minimum atomic E-state index is -4.51. The molecule has 3 amide bonds. The van der Waals surface area contributed by atoms with Gasteiger partial charge >= 0.3 is 12.2 Å². The maximum Gasteiger partial charge on any atom is 0.416 e. The summed E-state index contributed by atoms with van der Waals surface area (Å²) in [6.45, 7) is 4.82. The Labute approximate surface area is 203 Å². The van der Waals surface area contributed by atoms with E-state index in [1.807, 2.05) is 0 Å². The number of amides is 3. The summed E-state index contributed by atoms with van der Waals surface area (Å²) in [7, 11) is 1.59. The number of carbonyl (C=O) groups excluding carboxylic acids is 2. The highest BCUT2D eigenvalue weighted by atomic mass is 19.4. The molecule has 0 atom stereocenters. The summed E-state index contributed by atoms with van der Waals surface area (Å²) in [5, 5.41) is 7.90. The van der Waals surface area contributed by atoms with E-state index < -0.39 is 17.8 Å². The maximum absolute atomic E-state index is 13.0. The molecule has 35 heavy (non-hydrogen) atoms. The molecule has 190 valence electrons. The number of methoxy groups -OCH3 is 1. The number of ether oxygens (including phenoxy) is 1. The highest BCUT2D eigenvalue weighted by Crippen LogP contribution is 2.31. The van der Waals surface area contributed by atoms with E-state index in [1.165, 1.54) is 12.1 Å². The van der Waals surface area contributed by atoms with Gasteiger partial charge in [-0.05, 0) is 61.6 Å². The van der Waals surface area contributed by atoms with Gasteiger partial charge in [-0.3, -0.25) is 4.79 Å². The summed E-state index contributed by atoms with van der Waals surface area (Å²) < 4.78 is 43.8. The largest absolute Gasteiger partial charge is 0.416 e. The van der Waals surface area contributed by atoms with Crippen molar-refractivity contribution >= 4 is 29.0 Å². The van der Waals surface area contributed by atoms with Gasteiger partial charge in [0, 0.05) is 50.4 Å². The number of halogens is 3. The highest BCUT2D eigenvalue weighted by molar-refractivity contribution is 6.04. The van der Waals surface area contributed by atoms with Crippen LogP contribution in [0, 0.1) is 5.92 Å². The Balaban J connectivity index is 1.75. The minimum Gasteiger partial charge on any atom is -0.385 e. The number of anilines is 3. The van der Waals surface area contributed by atoms with Crippen LogP contribution in [0.25, 0.3) is 0 Å². The van der Waals surface area contributed by atoms with E-state index in [-0.39, 0.29) is 11.6 Å². The average Bonchev–Trinajstić information content (AvgIpc) is 2.82. The lowest BCUT2D eigenvalue weighted by atomic mass is 9.98. The number of nitrogens with one attached hydrogen (secondary N) is 3. The molecular weight excluding hydrogens is 461 g/mol. The van der Waals surface area contributed by atoms with Gasteiger partial charge in [0.1, 0.15) is 0 Å². The molecule has 10 heteroatoms. The lowest BCUT2D eigenvalue weighted by Crippen LogP contribution is -2.35. The number of rotatable bonds is 8. The van der Waals surface area contributed by atoms with Gasteiger partial charge in [-0.1, -0.05) is 13.0 Å². The third kappa shape index (κ3) is 7.61. The molecule has 1 heterocycles. The highest BCUT2D eigenvalue weighted by Gasteiger charge is 2.30. The summed E-state index contributed by atoms with van der Waals surface area (Å²) in [5.74, 6) is 0.356. The van der Waals surface area contributed by atoms with Crippen LogP contribution in [0.2, 0.25) is 0 Å². The van der Waals surface area contributed by atoms with E-state index in [1.54, 1.807) is 25.3 Å². The van der Waals surface area contributed by atoms with Gasteiger partial charge in [0.15, 0.2) is 0 Å². The Morgan fingerprint density at radius 1 is 1.06 bits per heavy atom. The Kier molecular flexibility index (Phi) is 8.97. The molecule has 1 aliphatic heterocycles. The van der Waals surface area contributed by atoms with E-state index in [4.69, 9.17) is 4.74 Å². The summed E-state index contributed by atoms with van der Waals surface area (Å²) in [4.78, 5) is 27.6. The molecule has 0 saturated carbocycles. The number of alkyl halides is 3. The second kappa shape index (κ2) is 11.9. The van der Waals surface area contributed by atoms with E-state index in [9.17, 15) is 22.8 Å². The third-order valence-corrected chi connectivity index (χ3v) is 5.88. The van der Waals surface area contributed by atoms with Crippen LogP contribution in [0.5, 0.6) is 0 Å². The van der Waals surface area contributed by atoms with Gasteiger partial charge < -0.3 is 25.6 Å². The molecule has 0 unspecified atom stereocenters. The van der Waals surface area contributed by atoms with Crippen molar-refractivity contribution in [1.82, 2.24) is 5.32 Å². The van der Waals surface area contributed by atoms with E-state index >= 15 is 0 Å². The first-order valence-electron chi connectivity index (χ1n) is 11.6. The molecule has 1 saturated heterocycles. The van der Waals surface area contributed by atoms with Gasteiger partial charge in [0.2, 0.25) is 0 Å². The average molecular weight is 493 g/mol. The zero-order valence-corrected chi connectivity index (χ0v) is 19.9. The predicted molar refractivity (Wildman–Crippen MR) is 130 cm³/mol. The van der Waals surface area contributed by atoms with Gasteiger partial charge in [-0.2, -0.15) is 13.2 Å². The SMILES string of the molecule is COCCCNC(=O)c1cc(NC(=O)Nc2cccc(C(F)(F)F)c2)ccc1N1CCC(C)CC1. The standard InChI is InChI=1S/C25H31F3N4O3/c1-17-9-12-32(13-10-17)22-8-7-20(16-21(22)23(33)29-11-4-14-35-2)31-24(34)30-19-6-3-5-18(15-19)25(26,27)28/h3,5-8,15-17H,4,9-14H2,1-2H3,(H,29,33)(H2,30,31,34). The van der Waals surface area contributed by atoms with Gasteiger partial charge in [-0.25, -0.2) is 4.79 Å². The fourth-order valence-electron chi connectivity index (χ4n) is 3.90. The van der Waals surface area contributed by atoms with Gasteiger partial charge in [0.25, 0.3) is 5.91 Å². The first kappa shape index (κ1) is 26.3. The second-order valence-corrected chi connectivity index (χ2v) is 8.66. The monoisotopic (exact) mass is 492 g/mol. The summed E-state index contributed by atoms with van der Waals surface area (Å²) in [5.41, 5.74) is 0.708. The van der Waals surface area contributed by atoms with Crippen molar-refractivity contribution < 1.29 is 27.5 Å². The van der Waals surface area contributed by atoms with Gasteiger partial charge in [0.05, 0.1) is 11.1 Å². The van der Waals surface area contributed by atoms with Crippen LogP contribution in [-0.2, 0) is 10.9 Å². The number of urea groups is 1. The van der Waals surface area contributed by atoms with Crippen molar-refractivity contribution in [3.8, 4) is 0 Å².